The number of para-hydroxylation sites is 1. The van der Waals surface area contributed by atoms with Crippen LogP contribution in [-0.4, -0.2) is 47.5 Å². The van der Waals surface area contributed by atoms with E-state index in [2.05, 4.69) is 74.7 Å². The summed E-state index contributed by atoms with van der Waals surface area (Å²) in [6, 6.07) is 24.9. The fourth-order valence-electron chi connectivity index (χ4n) is 4.18. The number of carbonyl (C=O) groups excluding carboxylic acids is 1. The van der Waals surface area contributed by atoms with Gasteiger partial charge in [0.2, 0.25) is 6.41 Å². The Balaban J connectivity index is 1.26. The van der Waals surface area contributed by atoms with E-state index in [0.717, 1.165) is 55.1 Å². The van der Waals surface area contributed by atoms with Crippen LogP contribution in [0.3, 0.4) is 0 Å². The molecule has 1 saturated heterocycles. The molecule has 0 atom stereocenters. The Morgan fingerprint density at radius 2 is 1.68 bits per heavy atom. The number of H-pyrrole nitrogens is 1. The smallest absolute Gasteiger partial charge is 0.211 e. The maximum atomic E-state index is 10.8. The number of hydrogen-bond acceptors (Lipinski definition) is 4. The van der Waals surface area contributed by atoms with E-state index in [1.807, 2.05) is 18.2 Å². The lowest BCUT2D eigenvalue weighted by Gasteiger charge is -2.36. The lowest BCUT2D eigenvalue weighted by molar-refractivity contribution is -0.105. The molecule has 156 valence electrons. The number of amides is 1. The summed E-state index contributed by atoms with van der Waals surface area (Å²) in [7, 11) is 0. The van der Waals surface area contributed by atoms with Crippen LogP contribution in [0.15, 0.2) is 72.8 Å². The molecule has 5 rings (SSSR count). The zero-order valence-corrected chi connectivity index (χ0v) is 17.3. The van der Waals surface area contributed by atoms with Crippen LogP contribution in [0, 0.1) is 0 Å². The highest BCUT2D eigenvalue weighted by atomic mass is 16.1. The topological polar surface area (TPSA) is 64.3 Å². The summed E-state index contributed by atoms with van der Waals surface area (Å²) in [4.78, 5) is 23.8. The van der Waals surface area contributed by atoms with Gasteiger partial charge in [-0.2, -0.15) is 0 Å². The molecule has 4 aromatic rings. The van der Waals surface area contributed by atoms with Crippen LogP contribution < -0.4 is 10.2 Å². The number of hydrogen-bond donors (Lipinski definition) is 2. The number of piperazine rings is 1. The number of fused-ring (bicyclic) bond motifs is 1. The Hall–Kier alpha value is -3.64. The monoisotopic (exact) mass is 411 g/mol. The van der Waals surface area contributed by atoms with Gasteiger partial charge in [0, 0.05) is 44.0 Å². The Morgan fingerprint density at radius 1 is 0.903 bits per heavy atom. The van der Waals surface area contributed by atoms with Crippen molar-refractivity contribution < 1.29 is 4.79 Å². The van der Waals surface area contributed by atoms with Crippen molar-refractivity contribution >= 4 is 28.8 Å². The van der Waals surface area contributed by atoms with Gasteiger partial charge < -0.3 is 15.2 Å². The second-order valence-corrected chi connectivity index (χ2v) is 7.85. The number of aromatic nitrogens is 2. The normalized spacial score (nSPS) is 14.6. The molecule has 0 saturated carbocycles. The predicted octanol–water partition coefficient (Wildman–Crippen LogP) is 4.12. The second kappa shape index (κ2) is 8.62. The summed E-state index contributed by atoms with van der Waals surface area (Å²) < 4.78 is 0. The Morgan fingerprint density at radius 3 is 2.42 bits per heavy atom. The fourth-order valence-corrected chi connectivity index (χ4v) is 4.18. The van der Waals surface area contributed by atoms with E-state index in [-0.39, 0.29) is 0 Å². The van der Waals surface area contributed by atoms with Gasteiger partial charge in [-0.1, -0.05) is 36.4 Å². The molecule has 3 aromatic carbocycles. The molecule has 1 aromatic heterocycles. The van der Waals surface area contributed by atoms with Gasteiger partial charge >= 0.3 is 0 Å². The number of carbonyl (C=O) groups is 1. The zero-order chi connectivity index (χ0) is 21.0. The van der Waals surface area contributed by atoms with E-state index in [0.29, 0.717) is 12.1 Å². The molecule has 1 aliphatic rings. The van der Waals surface area contributed by atoms with Crippen LogP contribution in [0.25, 0.3) is 22.4 Å². The number of benzene rings is 3. The van der Waals surface area contributed by atoms with Gasteiger partial charge in [0.1, 0.15) is 11.3 Å². The number of anilines is 2. The van der Waals surface area contributed by atoms with Crippen molar-refractivity contribution in [3.05, 3.63) is 78.4 Å². The van der Waals surface area contributed by atoms with E-state index in [9.17, 15) is 4.79 Å². The molecule has 31 heavy (non-hydrogen) atoms. The number of rotatable bonds is 6. The van der Waals surface area contributed by atoms with Crippen LogP contribution in [0.5, 0.6) is 0 Å². The van der Waals surface area contributed by atoms with E-state index >= 15 is 0 Å². The third-order valence-corrected chi connectivity index (χ3v) is 5.85. The van der Waals surface area contributed by atoms with Gasteiger partial charge in [0.25, 0.3) is 0 Å². The standard InChI is InChI=1S/C25H25N5O/c31-18-26-22-7-4-8-23-24(22)28-25(27-23)20-9-11-21(12-10-20)30-15-13-29(14-16-30)17-19-5-2-1-3-6-19/h1-12,18H,13-17H2,(H,26,31)(H,27,28). The van der Waals surface area contributed by atoms with Crippen molar-refractivity contribution in [2.75, 3.05) is 36.4 Å². The lowest BCUT2D eigenvalue weighted by Crippen LogP contribution is -2.45. The first-order chi connectivity index (χ1) is 15.3. The van der Waals surface area contributed by atoms with E-state index < -0.39 is 0 Å². The fraction of sp³-hybridized carbons (Fsp3) is 0.200. The van der Waals surface area contributed by atoms with Gasteiger partial charge in [-0.25, -0.2) is 4.98 Å². The number of aromatic amines is 1. The molecule has 1 fully saturated rings. The van der Waals surface area contributed by atoms with Crippen molar-refractivity contribution in [3.63, 3.8) is 0 Å². The van der Waals surface area contributed by atoms with Crippen LogP contribution in [-0.2, 0) is 11.3 Å². The average molecular weight is 412 g/mol. The van der Waals surface area contributed by atoms with Gasteiger partial charge in [-0.05, 0) is 42.0 Å². The third-order valence-electron chi connectivity index (χ3n) is 5.85. The summed E-state index contributed by atoms with van der Waals surface area (Å²) in [5.74, 6) is 0.800. The minimum Gasteiger partial charge on any atom is -0.369 e. The highest BCUT2D eigenvalue weighted by molar-refractivity contribution is 5.94. The molecular formula is C25H25N5O. The quantitative estimate of drug-likeness (QED) is 0.469. The molecule has 0 spiro atoms. The van der Waals surface area contributed by atoms with Gasteiger partial charge in [-0.15, -0.1) is 0 Å². The first-order valence-corrected chi connectivity index (χ1v) is 10.6. The molecule has 2 N–H and O–H groups in total. The van der Waals surface area contributed by atoms with Crippen molar-refractivity contribution in [1.82, 2.24) is 14.9 Å². The van der Waals surface area contributed by atoms with E-state index in [1.54, 1.807) is 0 Å². The van der Waals surface area contributed by atoms with Gasteiger partial charge in [-0.3, -0.25) is 9.69 Å². The van der Waals surface area contributed by atoms with Crippen molar-refractivity contribution in [2.45, 2.75) is 6.54 Å². The molecule has 0 unspecified atom stereocenters. The summed E-state index contributed by atoms with van der Waals surface area (Å²) in [6.45, 7) is 5.19. The molecule has 0 aliphatic carbocycles. The van der Waals surface area contributed by atoms with Crippen molar-refractivity contribution in [3.8, 4) is 11.4 Å². The first kappa shape index (κ1) is 19.3. The minimum atomic E-state index is 0.678. The summed E-state index contributed by atoms with van der Waals surface area (Å²) in [6.07, 6.45) is 0.678. The number of nitrogens with zero attached hydrogens (tertiary/aromatic N) is 3. The second-order valence-electron chi connectivity index (χ2n) is 7.85. The molecule has 6 nitrogen and oxygen atoms in total. The summed E-state index contributed by atoms with van der Waals surface area (Å²) in [5, 5.41) is 2.71. The maximum Gasteiger partial charge on any atom is 0.211 e. The Labute approximate surface area is 181 Å². The molecule has 1 aliphatic heterocycles. The van der Waals surface area contributed by atoms with Crippen LogP contribution in [0.2, 0.25) is 0 Å². The molecule has 1 amide bonds. The summed E-state index contributed by atoms with van der Waals surface area (Å²) in [5.41, 5.74) is 6.02. The highest BCUT2D eigenvalue weighted by Crippen LogP contribution is 2.27. The van der Waals surface area contributed by atoms with Crippen LogP contribution in [0.1, 0.15) is 5.56 Å². The van der Waals surface area contributed by atoms with E-state index in [1.165, 1.54) is 11.3 Å². The highest BCUT2D eigenvalue weighted by Gasteiger charge is 2.17. The minimum absolute atomic E-state index is 0.678. The lowest BCUT2D eigenvalue weighted by atomic mass is 10.1. The van der Waals surface area contributed by atoms with Gasteiger partial charge in [0.15, 0.2) is 0 Å². The van der Waals surface area contributed by atoms with Crippen LogP contribution >= 0.6 is 0 Å². The van der Waals surface area contributed by atoms with Crippen molar-refractivity contribution in [2.24, 2.45) is 0 Å². The average Bonchev–Trinajstić information content (AvgIpc) is 3.26. The first-order valence-electron chi connectivity index (χ1n) is 10.6. The molecule has 0 bridgehead atoms. The molecule has 6 heteroatoms. The number of imidazole rings is 1. The zero-order valence-electron chi connectivity index (χ0n) is 17.3. The number of nitrogens with one attached hydrogen (secondary N) is 2. The predicted molar refractivity (Wildman–Crippen MR) is 125 cm³/mol. The van der Waals surface area contributed by atoms with Crippen LogP contribution in [0.4, 0.5) is 11.4 Å². The molecular weight excluding hydrogens is 386 g/mol. The maximum absolute atomic E-state index is 10.8. The Kier molecular flexibility index (Phi) is 5.37. The third kappa shape index (κ3) is 4.15. The Bertz CT molecular complexity index is 1160. The molecule has 2 heterocycles. The van der Waals surface area contributed by atoms with Crippen molar-refractivity contribution in [1.29, 1.82) is 0 Å². The SMILES string of the molecule is O=CNc1cccc2[nH]c(-c3ccc(N4CCN(Cc5ccccc5)CC4)cc3)nc12. The summed E-state index contributed by atoms with van der Waals surface area (Å²) >= 11 is 0. The van der Waals surface area contributed by atoms with E-state index in [4.69, 9.17) is 4.98 Å². The largest absolute Gasteiger partial charge is 0.369 e. The molecule has 0 radical (unpaired) electrons. The van der Waals surface area contributed by atoms with Gasteiger partial charge in [0.05, 0.1) is 11.2 Å².